The standard InChI is InChI=1S/C11H14N2O2S/c1-8(14)12-9-4-6-10(7-5-9)15-11(16)13(2)3/h4-7H,1-3H3,(H,12,14). The highest BCUT2D eigenvalue weighted by Crippen LogP contribution is 2.16. The maximum atomic E-state index is 10.8. The van der Waals surface area contributed by atoms with Crippen LogP contribution in [0.3, 0.4) is 0 Å². The number of rotatable bonds is 2. The van der Waals surface area contributed by atoms with E-state index in [-0.39, 0.29) is 5.91 Å². The highest BCUT2D eigenvalue weighted by Gasteiger charge is 2.02. The first-order valence-corrected chi connectivity index (χ1v) is 5.16. The van der Waals surface area contributed by atoms with E-state index in [2.05, 4.69) is 5.32 Å². The molecule has 1 amide bonds. The Hall–Kier alpha value is -1.62. The summed E-state index contributed by atoms with van der Waals surface area (Å²) in [5.74, 6) is 0.547. The molecular formula is C11H14N2O2S. The van der Waals surface area contributed by atoms with Gasteiger partial charge in [0, 0.05) is 26.7 Å². The second kappa shape index (κ2) is 5.46. The van der Waals surface area contributed by atoms with E-state index in [1.165, 1.54) is 6.92 Å². The second-order valence-electron chi connectivity index (χ2n) is 3.47. The van der Waals surface area contributed by atoms with Crippen LogP contribution in [0.2, 0.25) is 0 Å². The van der Waals surface area contributed by atoms with Crippen LogP contribution in [0.15, 0.2) is 24.3 Å². The summed E-state index contributed by atoms with van der Waals surface area (Å²) in [5, 5.41) is 3.07. The van der Waals surface area contributed by atoms with Gasteiger partial charge in [-0.1, -0.05) is 0 Å². The van der Waals surface area contributed by atoms with Crippen LogP contribution in [0.4, 0.5) is 5.69 Å². The molecule has 5 heteroatoms. The molecule has 0 atom stereocenters. The van der Waals surface area contributed by atoms with Crippen molar-refractivity contribution >= 4 is 29.0 Å². The number of nitrogens with zero attached hydrogens (tertiary/aromatic N) is 1. The van der Waals surface area contributed by atoms with Gasteiger partial charge < -0.3 is 15.0 Å². The van der Waals surface area contributed by atoms with Gasteiger partial charge >= 0.3 is 0 Å². The lowest BCUT2D eigenvalue weighted by Crippen LogP contribution is -2.24. The first-order valence-electron chi connectivity index (χ1n) is 4.76. The van der Waals surface area contributed by atoms with Gasteiger partial charge in [0.1, 0.15) is 5.75 Å². The maximum Gasteiger partial charge on any atom is 0.264 e. The Balaban J connectivity index is 2.64. The maximum absolute atomic E-state index is 10.8. The lowest BCUT2D eigenvalue weighted by molar-refractivity contribution is -0.114. The van der Waals surface area contributed by atoms with Crippen LogP contribution in [0.5, 0.6) is 5.75 Å². The summed E-state index contributed by atoms with van der Waals surface area (Å²) < 4.78 is 5.38. The summed E-state index contributed by atoms with van der Waals surface area (Å²) in [5.41, 5.74) is 0.732. The summed E-state index contributed by atoms with van der Waals surface area (Å²) in [7, 11) is 3.63. The number of nitrogens with one attached hydrogen (secondary N) is 1. The molecule has 0 aliphatic rings. The van der Waals surface area contributed by atoms with Crippen molar-refractivity contribution in [3.05, 3.63) is 24.3 Å². The minimum Gasteiger partial charge on any atom is -0.432 e. The van der Waals surface area contributed by atoms with Gasteiger partial charge in [-0.3, -0.25) is 4.79 Å². The summed E-state index contributed by atoms with van der Waals surface area (Å²) in [4.78, 5) is 12.5. The predicted octanol–water partition coefficient (Wildman–Crippen LogP) is 1.87. The number of anilines is 1. The molecule has 0 fully saturated rings. The van der Waals surface area contributed by atoms with E-state index in [1.54, 1.807) is 29.2 Å². The summed E-state index contributed by atoms with van der Waals surface area (Å²) >= 11 is 5.00. The van der Waals surface area contributed by atoms with E-state index in [9.17, 15) is 4.79 Å². The molecular weight excluding hydrogens is 224 g/mol. The second-order valence-corrected chi connectivity index (χ2v) is 3.82. The summed E-state index contributed by atoms with van der Waals surface area (Å²) in [6, 6.07) is 7.02. The topological polar surface area (TPSA) is 41.6 Å². The average Bonchev–Trinajstić information content (AvgIpc) is 2.20. The fourth-order valence-electron chi connectivity index (χ4n) is 1.00. The van der Waals surface area contributed by atoms with Crippen LogP contribution in [0.1, 0.15) is 6.92 Å². The van der Waals surface area contributed by atoms with E-state index in [4.69, 9.17) is 17.0 Å². The molecule has 4 nitrogen and oxygen atoms in total. The number of benzene rings is 1. The van der Waals surface area contributed by atoms with Gasteiger partial charge in [0.05, 0.1) is 0 Å². The van der Waals surface area contributed by atoms with Gasteiger partial charge in [-0.2, -0.15) is 0 Å². The minimum absolute atomic E-state index is 0.0996. The number of hydrogen-bond donors (Lipinski definition) is 1. The molecule has 0 radical (unpaired) electrons. The zero-order valence-electron chi connectivity index (χ0n) is 9.48. The number of carbonyl (C=O) groups excluding carboxylic acids is 1. The molecule has 0 bridgehead atoms. The van der Waals surface area contributed by atoms with Gasteiger partial charge in [-0.15, -0.1) is 0 Å². The number of hydrogen-bond acceptors (Lipinski definition) is 3. The molecule has 0 aliphatic carbocycles. The van der Waals surface area contributed by atoms with Crippen molar-refractivity contribution in [2.45, 2.75) is 6.92 Å². The third-order valence-corrected chi connectivity index (χ3v) is 2.19. The fourth-order valence-corrected chi connectivity index (χ4v) is 1.10. The highest BCUT2D eigenvalue weighted by molar-refractivity contribution is 7.80. The third kappa shape index (κ3) is 3.86. The molecule has 1 rings (SSSR count). The molecule has 0 saturated heterocycles. The third-order valence-electron chi connectivity index (χ3n) is 1.74. The number of thiocarbonyl (C=S) groups is 1. The van der Waals surface area contributed by atoms with Crippen LogP contribution in [-0.4, -0.2) is 30.1 Å². The Morgan fingerprint density at radius 1 is 1.31 bits per heavy atom. The predicted molar refractivity (Wildman–Crippen MR) is 67.7 cm³/mol. The minimum atomic E-state index is -0.0996. The molecule has 0 unspecified atom stereocenters. The molecule has 0 spiro atoms. The molecule has 1 aromatic rings. The first kappa shape index (κ1) is 12.4. The van der Waals surface area contributed by atoms with Crippen molar-refractivity contribution in [2.75, 3.05) is 19.4 Å². The summed E-state index contributed by atoms with van der Waals surface area (Å²) in [6.07, 6.45) is 0. The first-order chi connectivity index (χ1) is 7.49. The Kier molecular flexibility index (Phi) is 4.25. The number of carbonyl (C=O) groups is 1. The van der Waals surface area contributed by atoms with Crippen LogP contribution < -0.4 is 10.1 Å². The van der Waals surface area contributed by atoms with Crippen LogP contribution in [-0.2, 0) is 4.79 Å². The van der Waals surface area contributed by atoms with E-state index >= 15 is 0 Å². The van der Waals surface area contributed by atoms with Crippen molar-refractivity contribution in [3.63, 3.8) is 0 Å². The molecule has 0 aromatic heterocycles. The fraction of sp³-hybridized carbons (Fsp3) is 0.273. The molecule has 0 saturated carbocycles. The van der Waals surface area contributed by atoms with Gasteiger partial charge in [0.2, 0.25) is 5.91 Å². The van der Waals surface area contributed by atoms with Crippen LogP contribution >= 0.6 is 12.2 Å². The van der Waals surface area contributed by atoms with Crippen LogP contribution in [0, 0.1) is 0 Å². The molecule has 1 aromatic carbocycles. The number of amides is 1. The molecule has 86 valence electrons. The molecule has 0 heterocycles. The smallest absolute Gasteiger partial charge is 0.264 e. The lowest BCUT2D eigenvalue weighted by atomic mass is 10.3. The van der Waals surface area contributed by atoms with Gasteiger partial charge in [-0.05, 0) is 36.5 Å². The van der Waals surface area contributed by atoms with Crippen molar-refractivity contribution in [1.82, 2.24) is 4.90 Å². The Morgan fingerprint density at radius 3 is 2.31 bits per heavy atom. The molecule has 1 N–H and O–H groups in total. The molecule has 16 heavy (non-hydrogen) atoms. The molecule has 0 aliphatic heterocycles. The number of ether oxygens (including phenoxy) is 1. The van der Waals surface area contributed by atoms with E-state index in [0.29, 0.717) is 10.9 Å². The van der Waals surface area contributed by atoms with Crippen molar-refractivity contribution in [2.24, 2.45) is 0 Å². The zero-order valence-corrected chi connectivity index (χ0v) is 10.3. The largest absolute Gasteiger partial charge is 0.432 e. The van der Waals surface area contributed by atoms with Crippen LogP contribution in [0.25, 0.3) is 0 Å². The van der Waals surface area contributed by atoms with E-state index in [1.807, 2.05) is 14.1 Å². The van der Waals surface area contributed by atoms with Gasteiger partial charge in [0.25, 0.3) is 5.17 Å². The normalized spacial score (nSPS) is 9.44. The van der Waals surface area contributed by atoms with E-state index in [0.717, 1.165) is 5.69 Å². The highest BCUT2D eigenvalue weighted by atomic mass is 32.1. The van der Waals surface area contributed by atoms with Gasteiger partial charge in [-0.25, -0.2) is 0 Å². The monoisotopic (exact) mass is 238 g/mol. The lowest BCUT2D eigenvalue weighted by Gasteiger charge is -2.14. The van der Waals surface area contributed by atoms with Crippen molar-refractivity contribution < 1.29 is 9.53 Å². The van der Waals surface area contributed by atoms with E-state index < -0.39 is 0 Å². The zero-order chi connectivity index (χ0) is 12.1. The van der Waals surface area contributed by atoms with Gasteiger partial charge in [0.15, 0.2) is 0 Å². The van der Waals surface area contributed by atoms with Crippen molar-refractivity contribution in [1.29, 1.82) is 0 Å². The quantitative estimate of drug-likeness (QED) is 0.799. The summed E-state index contributed by atoms with van der Waals surface area (Å²) in [6.45, 7) is 1.46. The SMILES string of the molecule is CC(=O)Nc1ccc(OC(=S)N(C)C)cc1. The Bertz CT molecular complexity index is 387. The van der Waals surface area contributed by atoms with Crippen molar-refractivity contribution in [3.8, 4) is 5.75 Å². The average molecular weight is 238 g/mol. The Morgan fingerprint density at radius 2 is 1.88 bits per heavy atom. The Labute approximate surface area is 100 Å².